The molecule has 1 N–H and O–H groups in total. The number of carbonyl (C=O) groups is 1. The second kappa shape index (κ2) is 7.02. The lowest BCUT2D eigenvalue weighted by Crippen LogP contribution is -2.51. The predicted octanol–water partition coefficient (Wildman–Crippen LogP) is 3.48. The van der Waals surface area contributed by atoms with Gasteiger partial charge in [-0.2, -0.15) is 5.26 Å². The number of imidazole rings is 1. The minimum Gasteiger partial charge on any atom is -0.486 e. The van der Waals surface area contributed by atoms with Gasteiger partial charge in [-0.1, -0.05) is 12.1 Å². The number of aromatic amines is 1. The summed E-state index contributed by atoms with van der Waals surface area (Å²) in [5.41, 5.74) is 3.91. The van der Waals surface area contributed by atoms with Crippen molar-refractivity contribution in [3.05, 3.63) is 59.4 Å². The number of aromatic nitrogens is 2. The Morgan fingerprint density at radius 1 is 1.21 bits per heavy atom. The third-order valence-electron chi connectivity index (χ3n) is 6.20. The summed E-state index contributed by atoms with van der Waals surface area (Å²) >= 11 is 0. The van der Waals surface area contributed by atoms with Gasteiger partial charge in [0.05, 0.1) is 41.0 Å². The molecule has 0 unspecified atom stereocenters. The molecule has 1 saturated heterocycles. The van der Waals surface area contributed by atoms with E-state index in [2.05, 4.69) is 20.9 Å². The quantitative estimate of drug-likeness (QED) is 0.745. The first-order chi connectivity index (χ1) is 14.1. The first-order valence-corrected chi connectivity index (χ1v) is 10.0. The molecular weight excluding hydrogens is 364 g/mol. The van der Waals surface area contributed by atoms with E-state index in [9.17, 15) is 4.79 Å². The molecule has 2 aromatic carbocycles. The average Bonchev–Trinajstić information content (AvgIpc) is 3.20. The molecule has 2 aliphatic heterocycles. The van der Waals surface area contributed by atoms with Crippen LogP contribution in [0.3, 0.4) is 0 Å². The molecule has 0 aliphatic carbocycles. The number of nitriles is 1. The van der Waals surface area contributed by atoms with Crippen LogP contribution in [0.1, 0.15) is 40.7 Å². The molecular formula is C23H22N4O2. The number of likely N-dealkylation sites (tertiary alicyclic amines) is 1. The van der Waals surface area contributed by atoms with E-state index in [0.29, 0.717) is 23.3 Å². The van der Waals surface area contributed by atoms with E-state index in [1.165, 1.54) is 5.56 Å². The van der Waals surface area contributed by atoms with Crippen LogP contribution in [0.5, 0.6) is 5.75 Å². The molecule has 1 spiro atoms. The van der Waals surface area contributed by atoms with Crippen LogP contribution in [0.4, 0.5) is 0 Å². The van der Waals surface area contributed by atoms with Gasteiger partial charge in [0.15, 0.2) is 5.78 Å². The zero-order chi connectivity index (χ0) is 19.8. The zero-order valence-corrected chi connectivity index (χ0v) is 16.1. The number of nitrogens with one attached hydrogen (secondary N) is 1. The van der Waals surface area contributed by atoms with Gasteiger partial charge in [-0.15, -0.1) is 0 Å². The second-order valence-corrected chi connectivity index (χ2v) is 8.05. The van der Waals surface area contributed by atoms with Crippen molar-refractivity contribution >= 4 is 16.8 Å². The summed E-state index contributed by atoms with van der Waals surface area (Å²) in [6.45, 7) is 2.81. The Morgan fingerprint density at radius 2 is 2.00 bits per heavy atom. The van der Waals surface area contributed by atoms with E-state index in [1.807, 2.05) is 36.4 Å². The largest absolute Gasteiger partial charge is 0.486 e. The molecule has 0 saturated carbocycles. The molecule has 2 aliphatic rings. The van der Waals surface area contributed by atoms with E-state index in [0.717, 1.165) is 49.9 Å². The highest BCUT2D eigenvalue weighted by Crippen LogP contribution is 2.40. The molecule has 146 valence electrons. The van der Waals surface area contributed by atoms with Crippen LogP contribution in [0, 0.1) is 11.3 Å². The molecule has 0 bridgehead atoms. The van der Waals surface area contributed by atoms with Gasteiger partial charge in [-0.25, -0.2) is 4.98 Å². The van der Waals surface area contributed by atoms with Crippen molar-refractivity contribution in [3.63, 3.8) is 0 Å². The Hall–Kier alpha value is -3.17. The highest BCUT2D eigenvalue weighted by molar-refractivity contribution is 6.03. The van der Waals surface area contributed by atoms with Crippen molar-refractivity contribution < 1.29 is 9.53 Å². The first kappa shape index (κ1) is 17.9. The molecule has 3 aromatic rings. The fraction of sp³-hybridized carbons (Fsp3) is 0.348. The van der Waals surface area contributed by atoms with Gasteiger partial charge in [0.25, 0.3) is 0 Å². The van der Waals surface area contributed by atoms with Gasteiger partial charge < -0.3 is 14.6 Å². The van der Waals surface area contributed by atoms with Crippen molar-refractivity contribution in [1.29, 1.82) is 5.26 Å². The third kappa shape index (κ3) is 3.39. The number of benzene rings is 2. The van der Waals surface area contributed by atoms with Crippen LogP contribution in [0.15, 0.2) is 42.7 Å². The lowest BCUT2D eigenvalue weighted by atomic mass is 9.82. The van der Waals surface area contributed by atoms with Gasteiger partial charge in [-0.3, -0.25) is 4.79 Å². The number of rotatable bonds is 3. The molecule has 1 aromatic heterocycles. The van der Waals surface area contributed by atoms with E-state index >= 15 is 0 Å². The number of carbonyl (C=O) groups excluding carboxylic acids is 1. The Morgan fingerprint density at radius 3 is 2.76 bits per heavy atom. The predicted molar refractivity (Wildman–Crippen MR) is 109 cm³/mol. The maximum atomic E-state index is 12.8. The van der Waals surface area contributed by atoms with Crippen molar-refractivity contribution in [2.24, 2.45) is 0 Å². The van der Waals surface area contributed by atoms with Crippen LogP contribution < -0.4 is 4.74 Å². The first-order valence-electron chi connectivity index (χ1n) is 10.0. The maximum Gasteiger partial charge on any atom is 0.170 e. The number of H-pyrrole nitrogens is 1. The van der Waals surface area contributed by atoms with Crippen molar-refractivity contribution in [3.8, 4) is 11.8 Å². The number of hydrogen-bond donors (Lipinski definition) is 1. The number of nitrogens with zero attached hydrogens (tertiary/aromatic N) is 3. The van der Waals surface area contributed by atoms with Crippen molar-refractivity contribution in [2.75, 3.05) is 19.6 Å². The number of hydrogen-bond acceptors (Lipinski definition) is 5. The molecule has 3 heterocycles. The van der Waals surface area contributed by atoms with E-state index < -0.39 is 0 Å². The highest BCUT2D eigenvalue weighted by Gasteiger charge is 2.43. The minimum absolute atomic E-state index is 0.161. The summed E-state index contributed by atoms with van der Waals surface area (Å²) < 4.78 is 6.41. The number of ether oxygens (including phenoxy) is 1. The Labute approximate surface area is 169 Å². The Bertz CT molecular complexity index is 1100. The molecule has 1 fully saturated rings. The van der Waals surface area contributed by atoms with Gasteiger partial charge in [0.1, 0.15) is 11.4 Å². The minimum atomic E-state index is -0.390. The average molecular weight is 386 g/mol. The molecule has 6 nitrogen and oxygen atoms in total. The normalized spacial score (nSPS) is 18.4. The number of fused-ring (bicyclic) bond motifs is 2. The van der Waals surface area contributed by atoms with Crippen LogP contribution >= 0.6 is 0 Å². The number of Topliss-reactive ketones (excluding diaryl/α,β-unsaturated/α-hetero) is 1. The van der Waals surface area contributed by atoms with E-state index in [1.54, 1.807) is 6.33 Å². The van der Waals surface area contributed by atoms with Gasteiger partial charge in [0, 0.05) is 38.5 Å². The highest BCUT2D eigenvalue weighted by atomic mass is 16.5. The molecule has 29 heavy (non-hydrogen) atoms. The van der Waals surface area contributed by atoms with Gasteiger partial charge >= 0.3 is 0 Å². The van der Waals surface area contributed by atoms with Crippen LogP contribution in [0.25, 0.3) is 11.0 Å². The summed E-state index contributed by atoms with van der Waals surface area (Å²) in [4.78, 5) is 22.6. The van der Waals surface area contributed by atoms with E-state index in [4.69, 9.17) is 10.00 Å². The maximum absolute atomic E-state index is 12.8. The number of ketones is 1. The van der Waals surface area contributed by atoms with Crippen molar-refractivity contribution in [2.45, 2.75) is 31.3 Å². The lowest BCUT2D eigenvalue weighted by Gasteiger charge is -2.44. The smallest absolute Gasteiger partial charge is 0.170 e. The van der Waals surface area contributed by atoms with Gasteiger partial charge in [-0.05, 0) is 30.2 Å². The number of piperidine rings is 1. The topological polar surface area (TPSA) is 82.0 Å². The van der Waals surface area contributed by atoms with Crippen LogP contribution in [-0.2, 0) is 6.42 Å². The van der Waals surface area contributed by atoms with Crippen molar-refractivity contribution in [1.82, 2.24) is 14.9 Å². The summed E-state index contributed by atoms with van der Waals surface area (Å²) in [7, 11) is 0. The summed E-state index contributed by atoms with van der Waals surface area (Å²) in [5.74, 6) is 0.834. The molecule has 0 atom stereocenters. The van der Waals surface area contributed by atoms with Crippen LogP contribution in [0.2, 0.25) is 0 Å². The molecule has 5 rings (SSSR count). The molecule has 0 amide bonds. The van der Waals surface area contributed by atoms with E-state index in [-0.39, 0.29) is 11.4 Å². The molecule has 6 heteroatoms. The summed E-state index contributed by atoms with van der Waals surface area (Å²) in [5, 5.41) is 8.91. The third-order valence-corrected chi connectivity index (χ3v) is 6.20. The van der Waals surface area contributed by atoms with Gasteiger partial charge in [0.2, 0.25) is 0 Å². The summed E-state index contributed by atoms with van der Waals surface area (Å²) in [6.07, 6.45) is 4.75. The van der Waals surface area contributed by atoms with Crippen LogP contribution in [-0.4, -0.2) is 45.9 Å². The Balaban J connectivity index is 1.24. The fourth-order valence-electron chi connectivity index (χ4n) is 4.42. The Kier molecular flexibility index (Phi) is 4.33. The standard InChI is InChI=1S/C23H22N4O2/c24-14-17-3-1-16(2-4-17)5-8-27-9-6-23(7-10-27)13-21(28)18-11-19-20(26-15-25-19)12-22(18)29-23/h1-4,11-12,15H,5-10,13H2,(H,25,26). The lowest BCUT2D eigenvalue weighted by molar-refractivity contribution is -0.00855. The zero-order valence-electron chi connectivity index (χ0n) is 16.1. The fourth-order valence-corrected chi connectivity index (χ4v) is 4.42. The molecule has 0 radical (unpaired) electrons. The SMILES string of the molecule is N#Cc1ccc(CCN2CCC3(CC2)CC(=O)c2cc4[nH]cnc4cc2O3)cc1. The summed E-state index contributed by atoms with van der Waals surface area (Å²) in [6, 6.07) is 13.7. The second-order valence-electron chi connectivity index (χ2n) is 8.05. The monoisotopic (exact) mass is 386 g/mol.